The van der Waals surface area contributed by atoms with Crippen molar-refractivity contribution in [3.63, 3.8) is 0 Å². The number of rotatable bonds is 3. The number of carbonyl (C=O) groups is 1. The van der Waals surface area contributed by atoms with E-state index in [-0.39, 0.29) is 11.4 Å². The molecule has 0 aliphatic carbocycles. The van der Waals surface area contributed by atoms with E-state index in [4.69, 9.17) is 5.11 Å². The molecule has 2 N–H and O–H groups in total. The van der Waals surface area contributed by atoms with Gasteiger partial charge in [0.15, 0.2) is 0 Å². The largest absolute Gasteiger partial charge is 0.478 e. The third kappa shape index (κ3) is 2.48. The molecule has 4 heteroatoms. The van der Waals surface area contributed by atoms with Crippen LogP contribution in [0, 0.1) is 12.7 Å². The van der Waals surface area contributed by atoms with Gasteiger partial charge in [0, 0.05) is 5.69 Å². The minimum atomic E-state index is -0.983. The van der Waals surface area contributed by atoms with Gasteiger partial charge in [-0.1, -0.05) is 12.1 Å². The number of para-hydroxylation sites is 1. The molecule has 2 rings (SSSR count). The molecule has 0 spiro atoms. The molecule has 0 saturated carbocycles. The fourth-order valence-electron chi connectivity index (χ4n) is 1.63. The van der Waals surface area contributed by atoms with Crippen LogP contribution in [-0.2, 0) is 0 Å². The van der Waals surface area contributed by atoms with Crippen LogP contribution in [0.3, 0.4) is 0 Å². The van der Waals surface area contributed by atoms with Crippen LogP contribution < -0.4 is 5.32 Å². The van der Waals surface area contributed by atoms with Gasteiger partial charge in [-0.25, -0.2) is 9.18 Å². The normalized spacial score (nSPS) is 10.1. The van der Waals surface area contributed by atoms with Gasteiger partial charge in [0.05, 0.1) is 11.3 Å². The Bertz CT molecular complexity index is 559. The molecule has 0 fully saturated rings. The van der Waals surface area contributed by atoms with E-state index >= 15 is 0 Å². The molecule has 0 aromatic heterocycles. The maximum absolute atomic E-state index is 13.6. The molecular weight excluding hydrogens is 233 g/mol. The van der Waals surface area contributed by atoms with Crippen molar-refractivity contribution in [2.45, 2.75) is 6.92 Å². The lowest BCUT2D eigenvalue weighted by atomic mass is 10.1. The van der Waals surface area contributed by atoms with Crippen molar-refractivity contribution in [3.8, 4) is 0 Å². The second-order valence-corrected chi connectivity index (χ2v) is 3.94. The number of halogens is 1. The van der Waals surface area contributed by atoms with E-state index in [1.54, 1.807) is 31.2 Å². The number of aryl methyl sites for hydroxylation is 1. The summed E-state index contributed by atoms with van der Waals surface area (Å²) in [6, 6.07) is 11.0. The molecule has 2 aromatic rings. The van der Waals surface area contributed by atoms with E-state index in [0.717, 1.165) is 5.56 Å². The number of hydrogen-bond acceptors (Lipinski definition) is 2. The van der Waals surface area contributed by atoms with Gasteiger partial charge in [-0.05, 0) is 42.8 Å². The minimum Gasteiger partial charge on any atom is -0.478 e. The first kappa shape index (κ1) is 12.1. The number of hydrogen-bond donors (Lipinski definition) is 2. The summed E-state index contributed by atoms with van der Waals surface area (Å²) in [5, 5.41) is 11.7. The summed E-state index contributed by atoms with van der Waals surface area (Å²) < 4.78 is 13.6. The highest BCUT2D eigenvalue weighted by Gasteiger charge is 2.06. The highest BCUT2D eigenvalue weighted by atomic mass is 19.1. The van der Waals surface area contributed by atoms with Crippen molar-refractivity contribution in [1.29, 1.82) is 0 Å². The van der Waals surface area contributed by atoms with Gasteiger partial charge in [-0.2, -0.15) is 0 Å². The molecule has 0 heterocycles. The second kappa shape index (κ2) is 4.87. The van der Waals surface area contributed by atoms with E-state index in [1.165, 1.54) is 18.2 Å². The van der Waals surface area contributed by atoms with E-state index in [9.17, 15) is 9.18 Å². The highest BCUT2D eigenvalue weighted by molar-refractivity contribution is 5.88. The lowest BCUT2D eigenvalue weighted by Crippen LogP contribution is -1.99. The van der Waals surface area contributed by atoms with Crippen LogP contribution in [0.5, 0.6) is 0 Å². The molecule has 0 unspecified atom stereocenters. The summed E-state index contributed by atoms with van der Waals surface area (Å²) in [6.07, 6.45) is 0. The predicted molar refractivity (Wildman–Crippen MR) is 67.8 cm³/mol. The van der Waals surface area contributed by atoms with Crippen molar-refractivity contribution in [2.24, 2.45) is 0 Å². The van der Waals surface area contributed by atoms with Crippen LogP contribution in [0.15, 0.2) is 42.5 Å². The molecule has 0 aliphatic rings. The quantitative estimate of drug-likeness (QED) is 0.869. The molecule has 3 nitrogen and oxygen atoms in total. The summed E-state index contributed by atoms with van der Waals surface area (Å²) in [4.78, 5) is 10.7. The second-order valence-electron chi connectivity index (χ2n) is 3.94. The van der Waals surface area contributed by atoms with E-state index in [2.05, 4.69) is 5.32 Å². The fourth-order valence-corrected chi connectivity index (χ4v) is 1.63. The van der Waals surface area contributed by atoms with Crippen LogP contribution in [0.4, 0.5) is 15.8 Å². The van der Waals surface area contributed by atoms with Crippen molar-refractivity contribution in [2.75, 3.05) is 5.32 Å². The molecule has 2 aromatic carbocycles. The lowest BCUT2D eigenvalue weighted by Gasteiger charge is -2.10. The highest BCUT2D eigenvalue weighted by Crippen LogP contribution is 2.23. The Morgan fingerprint density at radius 1 is 1.17 bits per heavy atom. The molecule has 0 radical (unpaired) electrons. The Labute approximate surface area is 104 Å². The summed E-state index contributed by atoms with van der Waals surface area (Å²) in [5.41, 5.74) is 2.04. The molecule has 0 amide bonds. The van der Waals surface area contributed by atoms with E-state index < -0.39 is 5.97 Å². The van der Waals surface area contributed by atoms with Gasteiger partial charge >= 0.3 is 5.97 Å². The number of nitrogens with one attached hydrogen (secondary N) is 1. The zero-order valence-electron chi connectivity index (χ0n) is 9.77. The SMILES string of the molecule is Cc1cccc(F)c1Nc1ccc(C(=O)O)cc1. The topological polar surface area (TPSA) is 49.3 Å². The van der Waals surface area contributed by atoms with Crippen molar-refractivity contribution in [1.82, 2.24) is 0 Å². The van der Waals surface area contributed by atoms with Gasteiger partial charge in [-0.3, -0.25) is 0 Å². The van der Waals surface area contributed by atoms with Gasteiger partial charge in [0.2, 0.25) is 0 Å². The first-order valence-corrected chi connectivity index (χ1v) is 5.43. The minimum absolute atomic E-state index is 0.200. The Balaban J connectivity index is 2.26. The van der Waals surface area contributed by atoms with Gasteiger partial charge in [-0.15, -0.1) is 0 Å². The Morgan fingerprint density at radius 3 is 2.39 bits per heavy atom. The van der Waals surface area contributed by atoms with Gasteiger partial charge in [0.25, 0.3) is 0 Å². The fraction of sp³-hybridized carbons (Fsp3) is 0.0714. The van der Waals surface area contributed by atoms with Crippen LogP contribution in [0.2, 0.25) is 0 Å². The van der Waals surface area contributed by atoms with Crippen LogP contribution >= 0.6 is 0 Å². The van der Waals surface area contributed by atoms with Crippen molar-refractivity contribution < 1.29 is 14.3 Å². The molecule has 0 atom stereocenters. The Kier molecular flexibility index (Phi) is 3.28. The number of benzene rings is 2. The zero-order valence-corrected chi connectivity index (χ0v) is 9.77. The van der Waals surface area contributed by atoms with E-state index in [0.29, 0.717) is 11.4 Å². The number of aromatic carboxylic acids is 1. The zero-order chi connectivity index (χ0) is 13.1. The van der Waals surface area contributed by atoms with Gasteiger partial charge in [0.1, 0.15) is 5.82 Å². The molecule has 0 bridgehead atoms. The third-order valence-corrected chi connectivity index (χ3v) is 2.62. The van der Waals surface area contributed by atoms with Crippen LogP contribution in [0.25, 0.3) is 0 Å². The first-order valence-electron chi connectivity index (χ1n) is 5.43. The van der Waals surface area contributed by atoms with Crippen LogP contribution in [0.1, 0.15) is 15.9 Å². The Morgan fingerprint density at radius 2 is 1.83 bits per heavy atom. The molecule has 0 saturated heterocycles. The lowest BCUT2D eigenvalue weighted by molar-refractivity contribution is 0.0697. The van der Waals surface area contributed by atoms with Crippen molar-refractivity contribution >= 4 is 17.3 Å². The molecule has 18 heavy (non-hydrogen) atoms. The van der Waals surface area contributed by atoms with Crippen LogP contribution in [-0.4, -0.2) is 11.1 Å². The first-order chi connectivity index (χ1) is 8.58. The Hall–Kier alpha value is -2.36. The average molecular weight is 245 g/mol. The summed E-state index contributed by atoms with van der Waals surface area (Å²) in [7, 11) is 0. The maximum Gasteiger partial charge on any atom is 0.335 e. The maximum atomic E-state index is 13.6. The third-order valence-electron chi connectivity index (χ3n) is 2.62. The average Bonchev–Trinajstić information content (AvgIpc) is 2.34. The van der Waals surface area contributed by atoms with Crippen molar-refractivity contribution in [3.05, 3.63) is 59.4 Å². The predicted octanol–water partition coefficient (Wildman–Crippen LogP) is 3.58. The molecular formula is C14H12FNO2. The van der Waals surface area contributed by atoms with E-state index in [1.807, 2.05) is 0 Å². The number of carboxylic acid groups (broad SMARTS) is 1. The standard InChI is InChI=1S/C14H12FNO2/c1-9-3-2-4-12(15)13(9)16-11-7-5-10(6-8-11)14(17)18/h2-8,16H,1H3,(H,17,18). The number of carboxylic acids is 1. The molecule has 92 valence electrons. The smallest absolute Gasteiger partial charge is 0.335 e. The summed E-state index contributed by atoms with van der Waals surface area (Å²) in [5.74, 6) is -1.32. The summed E-state index contributed by atoms with van der Waals surface area (Å²) >= 11 is 0. The van der Waals surface area contributed by atoms with Gasteiger partial charge < -0.3 is 10.4 Å². The molecule has 0 aliphatic heterocycles. The monoisotopic (exact) mass is 245 g/mol. The number of anilines is 2. The summed E-state index contributed by atoms with van der Waals surface area (Å²) in [6.45, 7) is 1.80.